The first-order chi connectivity index (χ1) is 9.80. The average Bonchev–Trinajstić information content (AvgIpc) is 2.84. The molecule has 2 heterocycles. The number of hydrogen-bond donors (Lipinski definition) is 1. The van der Waals surface area contributed by atoms with Gasteiger partial charge < -0.3 is 10.1 Å². The minimum absolute atomic E-state index is 0.187. The van der Waals surface area contributed by atoms with E-state index in [-0.39, 0.29) is 11.2 Å². The summed E-state index contributed by atoms with van der Waals surface area (Å²) >= 11 is 1.53. The van der Waals surface area contributed by atoms with Crippen LogP contribution in [0.4, 0.5) is 5.13 Å². The molecule has 0 aromatic carbocycles. The molecule has 1 N–H and O–H groups in total. The highest BCUT2D eigenvalue weighted by molar-refractivity contribution is 7.90. The maximum absolute atomic E-state index is 11.7. The summed E-state index contributed by atoms with van der Waals surface area (Å²) in [6.45, 7) is 5.98. The molecule has 1 aliphatic heterocycles. The standard InChI is InChI=1S/C13H23N3O3S2/c1-10(2)11-15-16-12(20-11)14-8-13(9-21(3,17)18)4-6-19-7-5-13/h10H,4-9H2,1-3H3,(H,14,16). The fourth-order valence-electron chi connectivity index (χ4n) is 2.54. The van der Waals surface area contributed by atoms with Gasteiger partial charge in [-0.1, -0.05) is 25.2 Å². The molecule has 8 heteroatoms. The predicted octanol–water partition coefficient (Wildman–Crippen LogP) is 1.91. The number of sulfone groups is 1. The van der Waals surface area contributed by atoms with Gasteiger partial charge in [-0.3, -0.25) is 0 Å². The van der Waals surface area contributed by atoms with Gasteiger partial charge in [0.15, 0.2) is 0 Å². The van der Waals surface area contributed by atoms with Crippen LogP contribution in [0.5, 0.6) is 0 Å². The van der Waals surface area contributed by atoms with Crippen molar-refractivity contribution < 1.29 is 13.2 Å². The molecule has 0 radical (unpaired) electrons. The quantitative estimate of drug-likeness (QED) is 0.856. The molecule has 0 unspecified atom stereocenters. The van der Waals surface area contributed by atoms with E-state index < -0.39 is 9.84 Å². The Morgan fingerprint density at radius 3 is 2.52 bits per heavy atom. The number of anilines is 1. The van der Waals surface area contributed by atoms with Crippen molar-refractivity contribution in [3.05, 3.63) is 5.01 Å². The van der Waals surface area contributed by atoms with Crippen molar-refractivity contribution in [2.75, 3.05) is 37.1 Å². The Bertz CT molecular complexity index is 563. The van der Waals surface area contributed by atoms with Gasteiger partial charge in [-0.2, -0.15) is 0 Å². The number of nitrogens with one attached hydrogen (secondary N) is 1. The predicted molar refractivity (Wildman–Crippen MR) is 84.7 cm³/mol. The van der Waals surface area contributed by atoms with Crippen molar-refractivity contribution in [1.29, 1.82) is 0 Å². The van der Waals surface area contributed by atoms with E-state index >= 15 is 0 Å². The third-order valence-electron chi connectivity index (χ3n) is 3.67. The molecular formula is C13H23N3O3S2. The fraction of sp³-hybridized carbons (Fsp3) is 0.846. The second kappa shape index (κ2) is 6.58. The van der Waals surface area contributed by atoms with E-state index in [1.54, 1.807) is 0 Å². The molecule has 1 aliphatic rings. The van der Waals surface area contributed by atoms with Crippen LogP contribution in [-0.2, 0) is 14.6 Å². The summed E-state index contributed by atoms with van der Waals surface area (Å²) in [5.41, 5.74) is -0.268. The van der Waals surface area contributed by atoms with Crippen molar-refractivity contribution in [2.24, 2.45) is 5.41 Å². The van der Waals surface area contributed by atoms with Crippen LogP contribution in [0.1, 0.15) is 37.6 Å². The number of hydrogen-bond acceptors (Lipinski definition) is 7. The lowest BCUT2D eigenvalue weighted by Gasteiger charge is -2.36. The largest absolute Gasteiger partial charge is 0.381 e. The lowest BCUT2D eigenvalue weighted by Crippen LogP contribution is -2.41. The van der Waals surface area contributed by atoms with E-state index in [1.807, 2.05) is 0 Å². The van der Waals surface area contributed by atoms with E-state index in [2.05, 4.69) is 29.4 Å². The number of nitrogens with zero attached hydrogens (tertiary/aromatic N) is 2. The summed E-state index contributed by atoms with van der Waals surface area (Å²) < 4.78 is 28.8. The molecule has 0 atom stereocenters. The van der Waals surface area contributed by atoms with Gasteiger partial charge in [0.1, 0.15) is 14.8 Å². The Morgan fingerprint density at radius 1 is 1.33 bits per heavy atom. The monoisotopic (exact) mass is 333 g/mol. The van der Waals surface area contributed by atoms with Crippen molar-refractivity contribution >= 4 is 26.3 Å². The Kier molecular flexibility index (Phi) is 5.21. The minimum Gasteiger partial charge on any atom is -0.381 e. The molecule has 1 aromatic rings. The van der Waals surface area contributed by atoms with Crippen molar-refractivity contribution in [2.45, 2.75) is 32.6 Å². The fourth-order valence-corrected chi connectivity index (χ4v) is 4.78. The lowest BCUT2D eigenvalue weighted by atomic mass is 9.82. The minimum atomic E-state index is -3.02. The molecule has 21 heavy (non-hydrogen) atoms. The van der Waals surface area contributed by atoms with Crippen LogP contribution in [-0.4, -0.2) is 50.4 Å². The van der Waals surface area contributed by atoms with Gasteiger partial charge in [0.25, 0.3) is 0 Å². The number of rotatable bonds is 6. The van der Waals surface area contributed by atoms with Gasteiger partial charge >= 0.3 is 0 Å². The maximum Gasteiger partial charge on any atom is 0.205 e. The first kappa shape index (κ1) is 16.6. The molecule has 0 saturated carbocycles. The van der Waals surface area contributed by atoms with E-state index in [4.69, 9.17) is 4.74 Å². The molecule has 0 spiro atoms. The van der Waals surface area contributed by atoms with Gasteiger partial charge in [0.2, 0.25) is 5.13 Å². The van der Waals surface area contributed by atoms with E-state index in [1.165, 1.54) is 17.6 Å². The van der Waals surface area contributed by atoms with Gasteiger partial charge in [-0.25, -0.2) is 8.42 Å². The summed E-state index contributed by atoms with van der Waals surface area (Å²) in [6, 6.07) is 0. The van der Waals surface area contributed by atoms with Gasteiger partial charge in [-0.05, 0) is 12.8 Å². The Labute approximate surface area is 130 Å². The van der Waals surface area contributed by atoms with E-state index in [0.717, 1.165) is 23.0 Å². The second-order valence-corrected chi connectivity index (χ2v) is 9.29. The lowest BCUT2D eigenvalue weighted by molar-refractivity contribution is 0.0315. The van der Waals surface area contributed by atoms with Crippen LogP contribution >= 0.6 is 11.3 Å². The van der Waals surface area contributed by atoms with E-state index in [0.29, 0.717) is 25.7 Å². The van der Waals surface area contributed by atoms with Crippen molar-refractivity contribution in [3.63, 3.8) is 0 Å². The maximum atomic E-state index is 11.7. The highest BCUT2D eigenvalue weighted by atomic mass is 32.2. The van der Waals surface area contributed by atoms with Gasteiger partial charge in [0, 0.05) is 37.3 Å². The highest BCUT2D eigenvalue weighted by Crippen LogP contribution is 2.33. The topological polar surface area (TPSA) is 81.2 Å². The Morgan fingerprint density at radius 2 is 2.00 bits per heavy atom. The average molecular weight is 333 g/mol. The molecule has 1 fully saturated rings. The normalized spacial score (nSPS) is 18.9. The molecule has 0 amide bonds. The summed E-state index contributed by atoms with van der Waals surface area (Å²) in [5, 5.41) is 13.3. The molecule has 0 bridgehead atoms. The summed E-state index contributed by atoms with van der Waals surface area (Å²) in [7, 11) is -3.02. The van der Waals surface area contributed by atoms with Crippen LogP contribution < -0.4 is 5.32 Å². The summed E-state index contributed by atoms with van der Waals surface area (Å²) in [4.78, 5) is 0. The second-order valence-electron chi connectivity index (χ2n) is 6.14. The Hall–Kier alpha value is -0.730. The zero-order valence-electron chi connectivity index (χ0n) is 12.8. The molecular weight excluding hydrogens is 310 g/mol. The van der Waals surface area contributed by atoms with Crippen LogP contribution in [0, 0.1) is 5.41 Å². The number of aromatic nitrogens is 2. The van der Waals surface area contributed by atoms with Crippen molar-refractivity contribution in [1.82, 2.24) is 10.2 Å². The zero-order chi connectivity index (χ0) is 15.5. The smallest absolute Gasteiger partial charge is 0.205 e. The molecule has 6 nitrogen and oxygen atoms in total. The molecule has 1 saturated heterocycles. The SMILES string of the molecule is CC(C)c1nnc(NCC2(CS(C)(=O)=O)CCOCC2)s1. The molecule has 2 rings (SSSR count). The third-order valence-corrected chi connectivity index (χ3v) is 5.99. The van der Waals surface area contributed by atoms with Gasteiger partial charge in [-0.15, -0.1) is 10.2 Å². The zero-order valence-corrected chi connectivity index (χ0v) is 14.4. The number of ether oxygens (including phenoxy) is 1. The summed E-state index contributed by atoms with van der Waals surface area (Å²) in [6.07, 6.45) is 2.80. The molecule has 1 aromatic heterocycles. The van der Waals surface area contributed by atoms with Crippen LogP contribution in [0.3, 0.4) is 0 Å². The first-order valence-corrected chi connectivity index (χ1v) is 10.0. The molecule has 0 aliphatic carbocycles. The van der Waals surface area contributed by atoms with Crippen LogP contribution in [0.25, 0.3) is 0 Å². The van der Waals surface area contributed by atoms with Gasteiger partial charge in [0.05, 0.1) is 5.75 Å². The molecule has 120 valence electrons. The summed E-state index contributed by atoms with van der Waals surface area (Å²) in [5.74, 6) is 0.540. The van der Waals surface area contributed by atoms with E-state index in [9.17, 15) is 8.42 Å². The van der Waals surface area contributed by atoms with Crippen LogP contribution in [0.15, 0.2) is 0 Å². The van der Waals surface area contributed by atoms with Crippen molar-refractivity contribution in [3.8, 4) is 0 Å². The third kappa shape index (κ3) is 4.89. The Balaban J connectivity index is 2.04. The van der Waals surface area contributed by atoms with Crippen LogP contribution in [0.2, 0.25) is 0 Å². The highest BCUT2D eigenvalue weighted by Gasteiger charge is 2.36. The first-order valence-electron chi connectivity index (χ1n) is 7.12.